The Balaban J connectivity index is 1.93. The highest BCUT2D eigenvalue weighted by Gasteiger charge is 2.33. The summed E-state index contributed by atoms with van der Waals surface area (Å²) in [6, 6.07) is 4.54. The number of rotatable bonds is 5. The molecule has 1 fully saturated rings. The fourth-order valence-electron chi connectivity index (χ4n) is 2.75. The maximum Gasteiger partial charge on any atom is 0.236 e. The van der Waals surface area contributed by atoms with Crippen LogP contribution in [0, 0.1) is 11.2 Å². The molecule has 22 heavy (non-hydrogen) atoms. The first-order chi connectivity index (χ1) is 10.3. The topological polar surface area (TPSA) is 49.6 Å². The highest BCUT2D eigenvalue weighted by Crippen LogP contribution is 2.28. The van der Waals surface area contributed by atoms with Gasteiger partial charge in [0, 0.05) is 30.7 Å². The average molecular weight is 328 g/mol. The maximum atomic E-state index is 13.8. The van der Waals surface area contributed by atoms with E-state index in [1.807, 2.05) is 0 Å². The Labute approximate surface area is 136 Å². The molecular formula is C16H23ClFN3O. The van der Waals surface area contributed by atoms with E-state index in [-0.39, 0.29) is 23.7 Å². The number of likely N-dealkylation sites (N-methyl/N-ethyl adjacent to an activating group) is 1. The van der Waals surface area contributed by atoms with Crippen molar-refractivity contribution in [3.8, 4) is 0 Å². The minimum absolute atomic E-state index is 0.0411. The first-order valence-electron chi connectivity index (χ1n) is 7.44. The van der Waals surface area contributed by atoms with Gasteiger partial charge in [0.1, 0.15) is 5.82 Å². The summed E-state index contributed by atoms with van der Waals surface area (Å²) in [6.07, 6.45) is 1.000. The number of nitrogens with two attached hydrogens (primary N) is 1. The van der Waals surface area contributed by atoms with Crippen molar-refractivity contribution in [1.29, 1.82) is 0 Å². The molecule has 0 radical (unpaired) electrons. The lowest BCUT2D eigenvalue weighted by Gasteiger charge is -2.24. The summed E-state index contributed by atoms with van der Waals surface area (Å²) in [5.74, 6) is -0.426. The van der Waals surface area contributed by atoms with Crippen LogP contribution in [0.15, 0.2) is 18.2 Å². The molecule has 1 aromatic carbocycles. The van der Waals surface area contributed by atoms with E-state index in [0.717, 1.165) is 19.5 Å². The molecule has 1 saturated heterocycles. The van der Waals surface area contributed by atoms with Gasteiger partial charge in [-0.3, -0.25) is 9.69 Å². The van der Waals surface area contributed by atoms with E-state index in [2.05, 4.69) is 11.8 Å². The number of likely N-dealkylation sites (tertiary alicyclic amines) is 1. The van der Waals surface area contributed by atoms with Crippen LogP contribution in [0.1, 0.15) is 18.9 Å². The van der Waals surface area contributed by atoms with Gasteiger partial charge in [-0.05, 0) is 37.1 Å². The fourth-order valence-corrected chi connectivity index (χ4v) is 2.97. The molecule has 1 heterocycles. The van der Waals surface area contributed by atoms with Crippen molar-refractivity contribution < 1.29 is 9.18 Å². The molecule has 0 saturated carbocycles. The van der Waals surface area contributed by atoms with Crippen molar-refractivity contribution in [2.45, 2.75) is 19.9 Å². The molecule has 0 aliphatic carbocycles. The van der Waals surface area contributed by atoms with E-state index in [1.165, 1.54) is 11.0 Å². The summed E-state index contributed by atoms with van der Waals surface area (Å²) in [6.45, 7) is 4.96. The summed E-state index contributed by atoms with van der Waals surface area (Å²) in [7, 11) is 1.67. The monoisotopic (exact) mass is 327 g/mol. The van der Waals surface area contributed by atoms with Crippen molar-refractivity contribution in [2.75, 3.05) is 33.2 Å². The number of amides is 1. The molecule has 2 N–H and O–H groups in total. The number of benzene rings is 1. The molecular weight excluding hydrogens is 305 g/mol. The molecule has 0 spiro atoms. The van der Waals surface area contributed by atoms with Crippen LogP contribution in [0.5, 0.6) is 0 Å². The van der Waals surface area contributed by atoms with E-state index in [4.69, 9.17) is 17.3 Å². The predicted molar refractivity (Wildman–Crippen MR) is 86.1 cm³/mol. The second kappa shape index (κ2) is 6.94. The lowest BCUT2D eigenvalue weighted by Crippen LogP contribution is -2.39. The summed E-state index contributed by atoms with van der Waals surface area (Å²) in [4.78, 5) is 15.9. The Morgan fingerprint density at radius 1 is 1.55 bits per heavy atom. The van der Waals surface area contributed by atoms with Gasteiger partial charge < -0.3 is 10.6 Å². The lowest BCUT2D eigenvalue weighted by atomic mass is 9.90. The summed E-state index contributed by atoms with van der Waals surface area (Å²) in [5.41, 5.74) is 6.22. The number of carbonyl (C=O) groups excluding carboxylic acids is 1. The van der Waals surface area contributed by atoms with E-state index >= 15 is 0 Å². The number of nitrogens with zero attached hydrogens (tertiary/aromatic N) is 2. The average Bonchev–Trinajstić information content (AvgIpc) is 2.85. The SMILES string of the molecule is CN(Cc1c(F)cccc1Cl)C(=O)CN1CCC(C)(CN)C1. The highest BCUT2D eigenvalue weighted by molar-refractivity contribution is 6.31. The zero-order valence-electron chi connectivity index (χ0n) is 13.1. The third-order valence-corrected chi connectivity index (χ3v) is 4.73. The molecule has 4 nitrogen and oxygen atoms in total. The van der Waals surface area contributed by atoms with Crippen LogP contribution in [0.25, 0.3) is 0 Å². The van der Waals surface area contributed by atoms with Gasteiger partial charge >= 0.3 is 0 Å². The number of halogens is 2. The molecule has 0 aromatic heterocycles. The normalized spacial score (nSPS) is 22.0. The molecule has 1 unspecified atom stereocenters. The van der Waals surface area contributed by atoms with Gasteiger partial charge in [-0.2, -0.15) is 0 Å². The predicted octanol–water partition coefficient (Wildman–Crippen LogP) is 2.11. The van der Waals surface area contributed by atoms with Crippen molar-refractivity contribution in [2.24, 2.45) is 11.1 Å². The Hall–Kier alpha value is -1.17. The molecule has 6 heteroatoms. The van der Waals surface area contributed by atoms with Crippen molar-refractivity contribution >= 4 is 17.5 Å². The molecule has 1 amide bonds. The zero-order chi connectivity index (χ0) is 16.3. The van der Waals surface area contributed by atoms with Gasteiger partial charge in [-0.1, -0.05) is 24.6 Å². The van der Waals surface area contributed by atoms with Crippen LogP contribution < -0.4 is 5.73 Å². The quantitative estimate of drug-likeness (QED) is 0.901. The first-order valence-corrected chi connectivity index (χ1v) is 7.82. The molecule has 1 aromatic rings. The molecule has 2 rings (SSSR count). The Morgan fingerprint density at radius 3 is 2.86 bits per heavy atom. The molecule has 0 bridgehead atoms. The smallest absolute Gasteiger partial charge is 0.236 e. The van der Waals surface area contributed by atoms with E-state index in [0.29, 0.717) is 23.7 Å². The van der Waals surface area contributed by atoms with Crippen LogP contribution >= 0.6 is 11.6 Å². The van der Waals surface area contributed by atoms with Crippen molar-refractivity contribution in [1.82, 2.24) is 9.80 Å². The van der Waals surface area contributed by atoms with E-state index in [9.17, 15) is 9.18 Å². The molecule has 1 aliphatic rings. The Morgan fingerprint density at radius 2 is 2.27 bits per heavy atom. The summed E-state index contributed by atoms with van der Waals surface area (Å²) < 4.78 is 13.8. The summed E-state index contributed by atoms with van der Waals surface area (Å²) in [5, 5.41) is 0.344. The highest BCUT2D eigenvalue weighted by atomic mass is 35.5. The van der Waals surface area contributed by atoms with Crippen LogP contribution in [0.4, 0.5) is 4.39 Å². The van der Waals surface area contributed by atoms with Crippen LogP contribution in [-0.2, 0) is 11.3 Å². The number of hydrogen-bond acceptors (Lipinski definition) is 3. The third-order valence-electron chi connectivity index (χ3n) is 4.37. The largest absolute Gasteiger partial charge is 0.340 e. The van der Waals surface area contributed by atoms with Gasteiger partial charge in [0.15, 0.2) is 0 Å². The second-order valence-corrected chi connectivity index (χ2v) is 6.83. The van der Waals surface area contributed by atoms with Gasteiger partial charge in [0.2, 0.25) is 5.91 Å². The Bertz CT molecular complexity index is 534. The molecule has 1 aliphatic heterocycles. The first kappa shape index (κ1) is 17.2. The van der Waals surface area contributed by atoms with Crippen LogP contribution in [0.3, 0.4) is 0 Å². The standard InChI is InChI=1S/C16H23ClFN3O/c1-16(10-19)6-7-21(11-16)9-15(22)20(2)8-12-13(17)4-3-5-14(12)18/h3-5H,6-11,19H2,1-2H3. The zero-order valence-corrected chi connectivity index (χ0v) is 13.9. The molecule has 1 atom stereocenters. The fraction of sp³-hybridized carbons (Fsp3) is 0.562. The summed E-state index contributed by atoms with van der Waals surface area (Å²) >= 11 is 6.00. The minimum Gasteiger partial charge on any atom is -0.340 e. The third kappa shape index (κ3) is 3.97. The van der Waals surface area contributed by atoms with Crippen LogP contribution in [-0.4, -0.2) is 48.9 Å². The number of hydrogen-bond donors (Lipinski definition) is 1. The minimum atomic E-state index is -0.385. The van der Waals surface area contributed by atoms with Gasteiger partial charge in [0.05, 0.1) is 6.54 Å². The van der Waals surface area contributed by atoms with Crippen molar-refractivity contribution in [3.05, 3.63) is 34.6 Å². The van der Waals surface area contributed by atoms with E-state index < -0.39 is 0 Å². The number of carbonyl (C=O) groups is 1. The van der Waals surface area contributed by atoms with Gasteiger partial charge in [0.25, 0.3) is 0 Å². The van der Waals surface area contributed by atoms with E-state index in [1.54, 1.807) is 19.2 Å². The second-order valence-electron chi connectivity index (χ2n) is 6.43. The van der Waals surface area contributed by atoms with Crippen LogP contribution in [0.2, 0.25) is 5.02 Å². The maximum absolute atomic E-state index is 13.8. The van der Waals surface area contributed by atoms with Gasteiger partial charge in [-0.25, -0.2) is 4.39 Å². The Kier molecular flexibility index (Phi) is 5.42. The molecule has 122 valence electrons. The lowest BCUT2D eigenvalue weighted by molar-refractivity contribution is -0.131. The van der Waals surface area contributed by atoms with Gasteiger partial charge in [-0.15, -0.1) is 0 Å². The van der Waals surface area contributed by atoms with Crippen molar-refractivity contribution in [3.63, 3.8) is 0 Å².